The zero-order chi connectivity index (χ0) is 13.9. The van der Waals surface area contributed by atoms with E-state index in [1.54, 1.807) is 29.7 Å². The summed E-state index contributed by atoms with van der Waals surface area (Å²) in [5.74, 6) is -0.301. The molecule has 1 aromatic carbocycles. The van der Waals surface area contributed by atoms with E-state index >= 15 is 0 Å². The molecule has 0 spiro atoms. The van der Waals surface area contributed by atoms with Gasteiger partial charge in [0.1, 0.15) is 17.2 Å². The summed E-state index contributed by atoms with van der Waals surface area (Å²) in [5.41, 5.74) is 0.809. The zero-order valence-electron chi connectivity index (χ0n) is 10.3. The number of carboxylic acids is 1. The molecule has 0 aliphatic heterocycles. The third-order valence-corrected chi connectivity index (χ3v) is 3.55. The second kappa shape index (κ2) is 5.22. The third-order valence-electron chi connectivity index (χ3n) is 2.77. The number of nitrogens with zero attached hydrogens (tertiary/aromatic N) is 3. The molecule has 0 atom stereocenters. The number of anilines is 1. The summed E-state index contributed by atoms with van der Waals surface area (Å²) < 4.78 is 0. The monoisotopic (exact) mass is 286 g/mol. The fraction of sp³-hybridized carbons (Fsp3) is 0.0769. The van der Waals surface area contributed by atoms with Crippen molar-refractivity contribution in [3.63, 3.8) is 0 Å². The molecule has 2 N–H and O–H groups in total. The second-order valence-electron chi connectivity index (χ2n) is 4.04. The molecular formula is C13H10N4O2S. The van der Waals surface area contributed by atoms with Crippen LogP contribution in [0.2, 0.25) is 0 Å². The Hall–Kier alpha value is -2.54. The summed E-state index contributed by atoms with van der Waals surface area (Å²) in [6.07, 6.45) is 3.16. The van der Waals surface area contributed by atoms with E-state index in [-0.39, 0.29) is 5.56 Å². The van der Waals surface area contributed by atoms with Gasteiger partial charge in [-0.05, 0) is 18.2 Å². The van der Waals surface area contributed by atoms with Crippen LogP contribution in [0, 0.1) is 0 Å². The van der Waals surface area contributed by atoms with E-state index in [0.717, 1.165) is 10.4 Å². The Bertz CT molecular complexity index is 758. The Morgan fingerprint density at radius 2 is 2.20 bits per heavy atom. The lowest BCUT2D eigenvalue weighted by Gasteiger charge is -2.07. The average Bonchev–Trinajstić information content (AvgIpc) is 2.97. The van der Waals surface area contributed by atoms with Crippen LogP contribution in [0.3, 0.4) is 0 Å². The quantitative estimate of drug-likeness (QED) is 0.765. The summed E-state index contributed by atoms with van der Waals surface area (Å²) in [5, 5.41) is 15.8. The molecule has 0 aliphatic carbocycles. The van der Waals surface area contributed by atoms with Crippen LogP contribution in [0.4, 0.5) is 5.82 Å². The highest BCUT2D eigenvalue weighted by Gasteiger charge is 2.08. The minimum atomic E-state index is -0.970. The van der Waals surface area contributed by atoms with Gasteiger partial charge in [-0.15, -0.1) is 11.3 Å². The maximum Gasteiger partial charge on any atom is 0.335 e. The number of rotatable bonds is 4. The minimum Gasteiger partial charge on any atom is -0.478 e. The van der Waals surface area contributed by atoms with Crippen molar-refractivity contribution in [2.45, 2.75) is 6.54 Å². The van der Waals surface area contributed by atoms with E-state index < -0.39 is 5.97 Å². The van der Waals surface area contributed by atoms with Crippen molar-refractivity contribution in [1.29, 1.82) is 0 Å². The van der Waals surface area contributed by atoms with Gasteiger partial charge >= 0.3 is 5.97 Å². The van der Waals surface area contributed by atoms with Gasteiger partial charge in [0.2, 0.25) is 0 Å². The highest BCUT2D eigenvalue weighted by Crippen LogP contribution is 2.21. The van der Waals surface area contributed by atoms with Crippen molar-refractivity contribution in [2.24, 2.45) is 0 Å². The van der Waals surface area contributed by atoms with Gasteiger partial charge in [0.15, 0.2) is 0 Å². The number of hydrogen-bond acceptors (Lipinski definition) is 6. The van der Waals surface area contributed by atoms with E-state index in [4.69, 9.17) is 5.11 Å². The van der Waals surface area contributed by atoms with Gasteiger partial charge in [-0.25, -0.2) is 19.7 Å². The van der Waals surface area contributed by atoms with E-state index in [1.165, 1.54) is 12.4 Å². The molecule has 0 aliphatic rings. The van der Waals surface area contributed by atoms with Crippen LogP contribution < -0.4 is 5.32 Å². The summed E-state index contributed by atoms with van der Waals surface area (Å²) in [6.45, 7) is 0.574. The molecule has 0 saturated carbocycles. The molecule has 100 valence electrons. The molecule has 0 unspecified atom stereocenters. The van der Waals surface area contributed by atoms with Crippen LogP contribution in [0.25, 0.3) is 10.9 Å². The average molecular weight is 286 g/mol. The molecule has 7 heteroatoms. The molecule has 0 amide bonds. The van der Waals surface area contributed by atoms with Gasteiger partial charge in [-0.3, -0.25) is 0 Å². The molecule has 2 aromatic heterocycles. The number of aromatic nitrogens is 3. The van der Waals surface area contributed by atoms with Crippen LogP contribution in [0.5, 0.6) is 0 Å². The Kier molecular flexibility index (Phi) is 3.26. The van der Waals surface area contributed by atoms with Crippen molar-refractivity contribution in [2.75, 3.05) is 5.32 Å². The number of carbonyl (C=O) groups is 1. The highest BCUT2D eigenvalue weighted by molar-refractivity contribution is 7.09. The lowest BCUT2D eigenvalue weighted by Crippen LogP contribution is -2.03. The third kappa shape index (κ3) is 2.43. The Balaban J connectivity index is 1.93. The maximum atomic E-state index is 10.9. The molecule has 6 nitrogen and oxygen atoms in total. The van der Waals surface area contributed by atoms with Gasteiger partial charge in [-0.1, -0.05) is 0 Å². The predicted octanol–water partition coefficient (Wildman–Crippen LogP) is 2.40. The van der Waals surface area contributed by atoms with Gasteiger partial charge in [0.05, 0.1) is 17.6 Å². The Labute approximate surface area is 118 Å². The molecule has 0 saturated heterocycles. The first-order chi connectivity index (χ1) is 9.74. The number of carboxylic acid groups (broad SMARTS) is 1. The SMILES string of the molecule is O=C(O)c1ccc2c(NCc3nccs3)ncnc2c1. The largest absolute Gasteiger partial charge is 0.478 e. The summed E-state index contributed by atoms with van der Waals surface area (Å²) in [6, 6.07) is 4.79. The molecular weight excluding hydrogens is 276 g/mol. The number of benzene rings is 1. The number of fused-ring (bicyclic) bond motifs is 1. The summed E-state index contributed by atoms with van der Waals surface area (Å²) in [7, 11) is 0. The molecule has 2 heterocycles. The lowest BCUT2D eigenvalue weighted by molar-refractivity contribution is 0.0697. The van der Waals surface area contributed by atoms with E-state index in [1.807, 2.05) is 5.38 Å². The van der Waals surface area contributed by atoms with Gasteiger partial charge in [-0.2, -0.15) is 0 Å². The fourth-order valence-corrected chi connectivity index (χ4v) is 2.39. The van der Waals surface area contributed by atoms with Crippen LogP contribution in [-0.4, -0.2) is 26.0 Å². The first-order valence-electron chi connectivity index (χ1n) is 5.84. The van der Waals surface area contributed by atoms with E-state index in [0.29, 0.717) is 17.9 Å². The number of nitrogens with one attached hydrogen (secondary N) is 1. The standard InChI is InChI=1S/C13H10N4O2S/c18-13(19)8-1-2-9-10(5-8)16-7-17-12(9)15-6-11-14-3-4-20-11/h1-5,7H,6H2,(H,18,19)(H,15,16,17). The van der Waals surface area contributed by atoms with E-state index in [2.05, 4.69) is 20.3 Å². The van der Waals surface area contributed by atoms with E-state index in [9.17, 15) is 4.79 Å². The first kappa shape index (κ1) is 12.5. The van der Waals surface area contributed by atoms with Crippen molar-refractivity contribution in [3.05, 3.63) is 46.7 Å². The van der Waals surface area contributed by atoms with Gasteiger partial charge in [0.25, 0.3) is 0 Å². The van der Waals surface area contributed by atoms with Crippen LogP contribution in [-0.2, 0) is 6.54 Å². The van der Waals surface area contributed by atoms with Crippen LogP contribution in [0.1, 0.15) is 15.4 Å². The minimum absolute atomic E-state index is 0.210. The molecule has 3 aromatic rings. The number of aromatic carboxylic acids is 1. The highest BCUT2D eigenvalue weighted by atomic mass is 32.1. The lowest BCUT2D eigenvalue weighted by atomic mass is 10.1. The summed E-state index contributed by atoms with van der Waals surface area (Å²) >= 11 is 1.56. The van der Waals surface area contributed by atoms with Crippen molar-refractivity contribution in [3.8, 4) is 0 Å². The van der Waals surface area contributed by atoms with Crippen molar-refractivity contribution in [1.82, 2.24) is 15.0 Å². The van der Waals surface area contributed by atoms with Gasteiger partial charge < -0.3 is 10.4 Å². The number of thiazole rings is 1. The summed E-state index contributed by atoms with van der Waals surface area (Å²) in [4.78, 5) is 23.4. The van der Waals surface area contributed by atoms with Crippen LogP contribution in [0.15, 0.2) is 36.1 Å². The molecule has 0 radical (unpaired) electrons. The smallest absolute Gasteiger partial charge is 0.335 e. The van der Waals surface area contributed by atoms with Gasteiger partial charge in [0, 0.05) is 17.0 Å². The topological polar surface area (TPSA) is 88.0 Å². The zero-order valence-corrected chi connectivity index (χ0v) is 11.1. The molecule has 0 bridgehead atoms. The molecule has 20 heavy (non-hydrogen) atoms. The maximum absolute atomic E-state index is 10.9. The van der Waals surface area contributed by atoms with Crippen LogP contribution >= 0.6 is 11.3 Å². The molecule has 3 rings (SSSR count). The second-order valence-corrected chi connectivity index (χ2v) is 5.02. The number of hydrogen-bond donors (Lipinski definition) is 2. The van der Waals surface area contributed by atoms with Crippen molar-refractivity contribution < 1.29 is 9.90 Å². The Morgan fingerprint density at radius 1 is 1.30 bits per heavy atom. The Morgan fingerprint density at radius 3 is 2.95 bits per heavy atom. The predicted molar refractivity (Wildman–Crippen MR) is 75.9 cm³/mol. The fourth-order valence-electron chi connectivity index (χ4n) is 1.83. The van der Waals surface area contributed by atoms with Crippen molar-refractivity contribution >= 4 is 34.0 Å². The normalized spacial score (nSPS) is 10.6. The first-order valence-corrected chi connectivity index (χ1v) is 6.72. The molecule has 0 fully saturated rings.